The Bertz CT molecular complexity index is 1260. The van der Waals surface area contributed by atoms with E-state index in [1.165, 1.54) is 12.0 Å². The van der Waals surface area contributed by atoms with Crippen molar-refractivity contribution in [2.45, 2.75) is 6.92 Å². The Morgan fingerprint density at radius 1 is 1.12 bits per heavy atom. The maximum absolute atomic E-state index is 10.9. The summed E-state index contributed by atoms with van der Waals surface area (Å²) in [5.41, 5.74) is 2.52. The number of ether oxygens (including phenoxy) is 1. The quantitative estimate of drug-likeness (QED) is 0.235. The zero-order valence-corrected chi connectivity index (χ0v) is 21.9. The number of nitrogens with zero attached hydrogens (tertiary/aromatic N) is 6. The molecular formula is C20H22N7NaO5S. The van der Waals surface area contributed by atoms with Gasteiger partial charge in [-0.3, -0.25) is 0 Å². The predicted octanol–water partition coefficient (Wildman–Crippen LogP) is 0.0386. The molecule has 0 fully saturated rings. The Morgan fingerprint density at radius 3 is 2.47 bits per heavy atom. The molecule has 0 aliphatic rings. The van der Waals surface area contributed by atoms with Crippen LogP contribution in [0, 0.1) is 6.92 Å². The number of aromatic nitrogens is 3. The van der Waals surface area contributed by atoms with E-state index in [1.54, 1.807) is 49.5 Å². The fraction of sp³-hybridized carbons (Fsp3) is 0.250. The molecular weight excluding hydrogens is 473 g/mol. The minimum atomic E-state index is -4.37. The molecule has 34 heavy (non-hydrogen) atoms. The van der Waals surface area contributed by atoms with Crippen LogP contribution >= 0.6 is 0 Å². The van der Waals surface area contributed by atoms with Crippen molar-refractivity contribution in [1.29, 1.82) is 0 Å². The molecule has 0 saturated carbocycles. The third-order valence-corrected chi connectivity index (χ3v) is 5.01. The van der Waals surface area contributed by atoms with Gasteiger partial charge in [0.15, 0.2) is 0 Å². The van der Waals surface area contributed by atoms with Gasteiger partial charge in [0.2, 0.25) is 11.9 Å². The molecule has 0 atom stereocenters. The number of azo groups is 1. The normalized spacial score (nSPS) is 11.2. The number of anilines is 3. The van der Waals surface area contributed by atoms with Crippen LogP contribution in [0.2, 0.25) is 0 Å². The third-order valence-electron chi connectivity index (χ3n) is 4.33. The van der Waals surface area contributed by atoms with Crippen LogP contribution in [-0.2, 0) is 10.1 Å². The van der Waals surface area contributed by atoms with Crippen molar-refractivity contribution in [3.8, 4) is 11.8 Å². The Hall–Kier alpha value is -2.84. The average Bonchev–Trinajstić information content (AvgIpc) is 2.78. The Morgan fingerprint density at radius 2 is 1.82 bits per heavy atom. The molecule has 0 aliphatic heterocycles. The summed E-state index contributed by atoms with van der Waals surface area (Å²) in [6.07, 6.45) is 0. The molecule has 3 rings (SSSR count). The summed E-state index contributed by atoms with van der Waals surface area (Å²) < 4.78 is 37.7. The molecule has 0 saturated heterocycles. The topological polar surface area (TPSA) is 165 Å². The zero-order chi connectivity index (χ0) is 24.0. The molecule has 0 aliphatic carbocycles. The number of nitrogens with one attached hydrogen (secondary N) is 1. The molecule has 1 aromatic heterocycles. The van der Waals surface area contributed by atoms with Crippen molar-refractivity contribution in [3.05, 3.63) is 48.0 Å². The first-order valence-corrected chi connectivity index (χ1v) is 11.2. The summed E-state index contributed by atoms with van der Waals surface area (Å²) in [6, 6.07) is 12.0. The van der Waals surface area contributed by atoms with Crippen LogP contribution < -0.4 is 44.5 Å². The number of methoxy groups -OCH3 is 1. The van der Waals surface area contributed by atoms with Gasteiger partial charge >= 0.3 is 35.6 Å². The van der Waals surface area contributed by atoms with Crippen LogP contribution in [0.1, 0.15) is 5.56 Å². The van der Waals surface area contributed by atoms with Gasteiger partial charge in [-0.05, 0) is 48.9 Å². The maximum atomic E-state index is 10.9. The summed E-state index contributed by atoms with van der Waals surface area (Å²) in [5.74, 6) is -0.250. The second-order valence-electron chi connectivity index (χ2n) is 6.99. The largest absolute Gasteiger partial charge is 1.00 e. The molecule has 12 nitrogen and oxygen atoms in total. The molecule has 2 N–H and O–H groups in total. The van der Waals surface area contributed by atoms with Gasteiger partial charge < -0.3 is 24.6 Å². The van der Waals surface area contributed by atoms with Crippen LogP contribution in [0.5, 0.6) is 11.8 Å². The van der Waals surface area contributed by atoms with E-state index in [1.807, 2.05) is 6.92 Å². The van der Waals surface area contributed by atoms with Crippen LogP contribution in [-0.4, -0.2) is 59.5 Å². The number of rotatable bonds is 9. The summed E-state index contributed by atoms with van der Waals surface area (Å²) >= 11 is 0. The molecule has 2 aromatic carbocycles. The molecule has 0 radical (unpaired) electrons. The van der Waals surface area contributed by atoms with Crippen molar-refractivity contribution in [2.24, 2.45) is 10.2 Å². The maximum Gasteiger partial charge on any atom is 1.00 e. The molecule has 0 amide bonds. The van der Waals surface area contributed by atoms with E-state index in [2.05, 4.69) is 30.5 Å². The Labute approximate surface area is 219 Å². The first kappa shape index (κ1) is 27.4. The van der Waals surface area contributed by atoms with Crippen LogP contribution in [0.4, 0.5) is 29.0 Å². The van der Waals surface area contributed by atoms with E-state index in [9.17, 15) is 18.1 Å². The molecule has 0 bridgehead atoms. The second-order valence-corrected chi connectivity index (χ2v) is 8.52. The molecule has 3 aromatic rings. The Balaban J connectivity index is 0.00000408. The molecule has 0 unspecified atom stereocenters. The fourth-order valence-electron chi connectivity index (χ4n) is 2.58. The van der Waals surface area contributed by atoms with Gasteiger partial charge in [0.1, 0.15) is 11.4 Å². The minimum absolute atomic E-state index is 0. The number of phenolic OH excluding ortho intramolecular Hbond substituents is 1. The number of hydrogen-bond acceptors (Lipinski definition) is 12. The van der Waals surface area contributed by atoms with Gasteiger partial charge in [-0.25, -0.2) is 8.42 Å². The molecule has 1 heterocycles. The first-order chi connectivity index (χ1) is 15.6. The van der Waals surface area contributed by atoms with Gasteiger partial charge in [-0.15, -0.1) is 5.11 Å². The number of aryl methyl sites for hydroxylation is 1. The summed E-state index contributed by atoms with van der Waals surface area (Å²) in [6.45, 7) is 1.80. The number of benzene rings is 2. The van der Waals surface area contributed by atoms with Crippen LogP contribution in [0.3, 0.4) is 0 Å². The van der Waals surface area contributed by atoms with Gasteiger partial charge in [0, 0.05) is 19.3 Å². The van der Waals surface area contributed by atoms with E-state index in [0.29, 0.717) is 17.1 Å². The first-order valence-electron chi connectivity index (χ1n) is 9.66. The second kappa shape index (κ2) is 12.0. The van der Waals surface area contributed by atoms with Crippen molar-refractivity contribution in [1.82, 2.24) is 15.0 Å². The van der Waals surface area contributed by atoms with Crippen LogP contribution in [0.15, 0.2) is 52.7 Å². The average molecular weight is 495 g/mol. The van der Waals surface area contributed by atoms with E-state index in [-0.39, 0.29) is 59.8 Å². The van der Waals surface area contributed by atoms with Crippen LogP contribution in [0.25, 0.3) is 0 Å². The van der Waals surface area contributed by atoms with Gasteiger partial charge in [-0.1, -0.05) is 6.07 Å². The SMILES string of the molecule is COc1nc(Nc2ccc(N=Nc3cc(C)ccc3O)cc2)nc(N(C)CCS(=O)(=O)[O-])n1.[Na+]. The predicted molar refractivity (Wildman–Crippen MR) is 121 cm³/mol. The van der Waals surface area contributed by atoms with Crippen molar-refractivity contribution in [2.75, 3.05) is 36.7 Å². The summed E-state index contributed by atoms with van der Waals surface area (Å²) in [5, 5.41) is 21.1. The van der Waals surface area contributed by atoms with E-state index in [4.69, 9.17) is 4.74 Å². The monoisotopic (exact) mass is 495 g/mol. The van der Waals surface area contributed by atoms with Crippen molar-refractivity contribution >= 4 is 39.1 Å². The van der Waals surface area contributed by atoms with Gasteiger partial charge in [-0.2, -0.15) is 20.1 Å². The summed E-state index contributed by atoms with van der Waals surface area (Å²) in [4.78, 5) is 13.8. The molecule has 14 heteroatoms. The van der Waals surface area contributed by atoms with E-state index >= 15 is 0 Å². The standard InChI is InChI=1S/C20H23N7O5S.Na/c1-13-4-9-17(28)16(12-13)26-25-15-7-5-14(6-8-15)21-18-22-19(24-20(23-18)32-3)27(2)10-11-33(29,30)31;/h4-9,12,28H,10-11H2,1-3H3,(H,29,30,31)(H,21,22,23,24);/q;+1/p-1. The minimum Gasteiger partial charge on any atom is -0.748 e. The number of aromatic hydroxyl groups is 1. The van der Waals surface area contributed by atoms with Gasteiger partial charge in [0.05, 0.1) is 28.7 Å². The fourth-order valence-corrected chi connectivity index (χ4v) is 3.08. The van der Waals surface area contributed by atoms with Crippen molar-refractivity contribution < 1.29 is 52.4 Å². The zero-order valence-electron chi connectivity index (χ0n) is 19.1. The van der Waals surface area contributed by atoms with E-state index < -0.39 is 15.9 Å². The molecule has 0 spiro atoms. The Kier molecular flexibility index (Phi) is 9.70. The molecule has 174 valence electrons. The third kappa shape index (κ3) is 8.18. The van der Waals surface area contributed by atoms with E-state index in [0.717, 1.165) is 5.56 Å². The summed E-state index contributed by atoms with van der Waals surface area (Å²) in [7, 11) is -1.44. The van der Waals surface area contributed by atoms with Gasteiger partial charge in [0.25, 0.3) is 0 Å². The smallest absolute Gasteiger partial charge is 0.748 e. The van der Waals surface area contributed by atoms with Crippen molar-refractivity contribution in [3.63, 3.8) is 0 Å². The number of hydrogen-bond donors (Lipinski definition) is 2. The number of phenols is 1.